The average Bonchev–Trinajstić information content (AvgIpc) is 2.98. The third-order valence-corrected chi connectivity index (χ3v) is 5.88. The highest BCUT2D eigenvalue weighted by molar-refractivity contribution is 6.39. The molecule has 0 bridgehead atoms. The molecule has 3 aromatic rings. The van der Waals surface area contributed by atoms with Crippen molar-refractivity contribution in [2.24, 2.45) is 0 Å². The number of rotatable bonds is 11. The van der Waals surface area contributed by atoms with E-state index >= 15 is 0 Å². The second-order valence-electron chi connectivity index (χ2n) is 8.78. The van der Waals surface area contributed by atoms with Gasteiger partial charge in [0.1, 0.15) is 17.1 Å². The summed E-state index contributed by atoms with van der Waals surface area (Å²) >= 11 is 0. The lowest BCUT2D eigenvalue weighted by molar-refractivity contribution is -0.122. The van der Waals surface area contributed by atoms with Crippen molar-refractivity contribution in [2.45, 2.75) is 13.3 Å². The van der Waals surface area contributed by atoms with E-state index in [2.05, 4.69) is 10.6 Å². The highest BCUT2D eigenvalue weighted by Crippen LogP contribution is 2.33. The molecule has 5 amide bonds. The lowest BCUT2D eigenvalue weighted by atomic mass is 10.1. The number of barbiturate groups is 1. The second kappa shape index (κ2) is 13.2. The van der Waals surface area contributed by atoms with Gasteiger partial charge in [-0.25, -0.2) is 9.69 Å². The highest BCUT2D eigenvalue weighted by Gasteiger charge is 2.37. The standard InChI is InChI=1S/C30H29N3O8/c1-4-14-40-25-13-10-21(17-26(25)39-3)33-29(36)24(28(35)32-30(33)37)16-19-6-5-7-23(15-19)41-18-27(34)31-20-8-11-22(38-2)12-9-20/h5-13,15-17H,4,14,18H2,1-3H3,(H,31,34)(H,32,35,37)/b24-16-. The maximum atomic E-state index is 13.3. The smallest absolute Gasteiger partial charge is 0.335 e. The summed E-state index contributed by atoms with van der Waals surface area (Å²) in [5.74, 6) is -0.226. The lowest BCUT2D eigenvalue weighted by Gasteiger charge is -2.27. The van der Waals surface area contributed by atoms with Crippen LogP contribution in [0.4, 0.5) is 16.2 Å². The molecule has 11 heteroatoms. The van der Waals surface area contributed by atoms with Gasteiger partial charge in [0.25, 0.3) is 17.7 Å². The van der Waals surface area contributed by atoms with Crippen LogP contribution < -0.4 is 34.5 Å². The number of imide groups is 2. The summed E-state index contributed by atoms with van der Waals surface area (Å²) in [6.07, 6.45) is 2.13. The number of ether oxygens (including phenoxy) is 4. The molecule has 0 atom stereocenters. The molecular weight excluding hydrogens is 530 g/mol. The maximum absolute atomic E-state index is 13.3. The van der Waals surface area contributed by atoms with E-state index in [1.165, 1.54) is 25.3 Å². The van der Waals surface area contributed by atoms with Crippen molar-refractivity contribution in [2.75, 3.05) is 37.7 Å². The Bertz CT molecular complexity index is 1480. The van der Waals surface area contributed by atoms with Gasteiger partial charge in [-0.2, -0.15) is 0 Å². The van der Waals surface area contributed by atoms with Crippen molar-refractivity contribution in [1.29, 1.82) is 0 Å². The molecule has 0 aliphatic carbocycles. The SMILES string of the molecule is CCCOc1ccc(N2C(=O)NC(=O)/C(=C/c3cccc(OCC(=O)Nc4ccc(OC)cc4)c3)C2=O)cc1OC. The fourth-order valence-corrected chi connectivity index (χ4v) is 3.90. The molecule has 1 heterocycles. The molecule has 1 aliphatic heterocycles. The number of hydrogen-bond acceptors (Lipinski definition) is 8. The summed E-state index contributed by atoms with van der Waals surface area (Å²) in [6.45, 7) is 2.16. The molecule has 0 spiro atoms. The van der Waals surface area contributed by atoms with E-state index < -0.39 is 17.8 Å². The molecule has 0 aromatic heterocycles. The summed E-state index contributed by atoms with van der Waals surface area (Å²) in [5.41, 5.74) is 0.974. The lowest BCUT2D eigenvalue weighted by Crippen LogP contribution is -2.54. The van der Waals surface area contributed by atoms with Crippen LogP contribution >= 0.6 is 0 Å². The molecule has 1 fully saturated rings. The number of carbonyl (C=O) groups excluding carboxylic acids is 4. The van der Waals surface area contributed by atoms with Crippen LogP contribution in [0, 0.1) is 0 Å². The fraction of sp³-hybridized carbons (Fsp3) is 0.200. The van der Waals surface area contributed by atoms with Crippen LogP contribution in [0.2, 0.25) is 0 Å². The van der Waals surface area contributed by atoms with Gasteiger partial charge in [0.15, 0.2) is 18.1 Å². The number of carbonyl (C=O) groups is 4. The van der Waals surface area contributed by atoms with Gasteiger partial charge >= 0.3 is 6.03 Å². The number of amides is 5. The molecule has 3 aromatic carbocycles. The molecule has 1 saturated heterocycles. The van der Waals surface area contributed by atoms with Crippen molar-refractivity contribution >= 4 is 41.2 Å². The minimum atomic E-state index is -0.888. The third-order valence-electron chi connectivity index (χ3n) is 5.88. The number of methoxy groups -OCH3 is 2. The van der Waals surface area contributed by atoms with E-state index in [0.717, 1.165) is 11.3 Å². The molecule has 212 valence electrons. The van der Waals surface area contributed by atoms with Gasteiger partial charge in [-0.15, -0.1) is 0 Å². The quantitative estimate of drug-likeness (QED) is 0.264. The number of nitrogens with one attached hydrogen (secondary N) is 2. The summed E-state index contributed by atoms with van der Waals surface area (Å²) in [6, 6.07) is 17.1. The van der Waals surface area contributed by atoms with E-state index in [0.29, 0.717) is 40.9 Å². The Labute approximate surface area is 236 Å². The molecular formula is C30H29N3O8. The topological polar surface area (TPSA) is 132 Å². The normalized spacial score (nSPS) is 14.0. The Hall–Kier alpha value is -5.32. The Morgan fingerprint density at radius 1 is 0.902 bits per heavy atom. The summed E-state index contributed by atoms with van der Waals surface area (Å²) in [4.78, 5) is 51.8. The van der Waals surface area contributed by atoms with Crippen molar-refractivity contribution in [3.63, 3.8) is 0 Å². The predicted octanol–water partition coefficient (Wildman–Crippen LogP) is 4.18. The number of benzene rings is 3. The molecule has 4 rings (SSSR count). The summed E-state index contributed by atoms with van der Waals surface area (Å²) in [7, 11) is 3.00. The number of urea groups is 1. The largest absolute Gasteiger partial charge is 0.497 e. The molecule has 11 nitrogen and oxygen atoms in total. The highest BCUT2D eigenvalue weighted by atomic mass is 16.5. The van der Waals surface area contributed by atoms with Gasteiger partial charge in [-0.1, -0.05) is 19.1 Å². The Morgan fingerprint density at radius 3 is 2.39 bits per heavy atom. The molecule has 2 N–H and O–H groups in total. The van der Waals surface area contributed by atoms with Crippen molar-refractivity contribution in [3.8, 4) is 23.0 Å². The first-order valence-electron chi connectivity index (χ1n) is 12.7. The number of hydrogen-bond donors (Lipinski definition) is 2. The maximum Gasteiger partial charge on any atom is 0.335 e. The van der Waals surface area contributed by atoms with E-state index in [1.54, 1.807) is 61.7 Å². The van der Waals surface area contributed by atoms with Gasteiger partial charge in [-0.3, -0.25) is 19.7 Å². The zero-order valence-corrected chi connectivity index (χ0v) is 22.8. The van der Waals surface area contributed by atoms with E-state index in [-0.39, 0.29) is 23.8 Å². The first-order chi connectivity index (χ1) is 19.8. The van der Waals surface area contributed by atoms with Crippen LogP contribution in [0.15, 0.2) is 72.3 Å². The molecule has 0 saturated carbocycles. The van der Waals surface area contributed by atoms with E-state index in [4.69, 9.17) is 18.9 Å². The van der Waals surface area contributed by atoms with Gasteiger partial charge in [0.05, 0.1) is 26.5 Å². The van der Waals surface area contributed by atoms with Crippen molar-refractivity contribution < 1.29 is 38.1 Å². The zero-order chi connectivity index (χ0) is 29.4. The monoisotopic (exact) mass is 559 g/mol. The van der Waals surface area contributed by atoms with Gasteiger partial charge in [-0.05, 0) is 66.6 Å². The van der Waals surface area contributed by atoms with Crippen LogP contribution in [0.3, 0.4) is 0 Å². The van der Waals surface area contributed by atoms with Crippen molar-refractivity contribution in [3.05, 3.63) is 77.9 Å². The zero-order valence-electron chi connectivity index (χ0n) is 22.8. The molecule has 0 radical (unpaired) electrons. The van der Waals surface area contributed by atoms with Gasteiger partial charge in [0, 0.05) is 11.8 Å². The fourth-order valence-electron chi connectivity index (χ4n) is 3.90. The van der Waals surface area contributed by atoms with E-state index in [1.807, 2.05) is 6.92 Å². The minimum absolute atomic E-state index is 0.201. The van der Waals surface area contributed by atoms with Crippen LogP contribution in [-0.4, -0.2) is 51.2 Å². The van der Waals surface area contributed by atoms with Gasteiger partial charge in [0.2, 0.25) is 0 Å². The van der Waals surface area contributed by atoms with Crippen LogP contribution in [-0.2, 0) is 14.4 Å². The predicted molar refractivity (Wildman–Crippen MR) is 151 cm³/mol. The van der Waals surface area contributed by atoms with Crippen LogP contribution in [0.1, 0.15) is 18.9 Å². The first kappa shape index (κ1) is 28.7. The third kappa shape index (κ3) is 7.01. The minimum Gasteiger partial charge on any atom is -0.497 e. The summed E-state index contributed by atoms with van der Waals surface area (Å²) < 4.78 is 21.7. The summed E-state index contributed by atoms with van der Waals surface area (Å²) in [5, 5.41) is 4.91. The van der Waals surface area contributed by atoms with Crippen molar-refractivity contribution in [1.82, 2.24) is 5.32 Å². The second-order valence-corrected chi connectivity index (χ2v) is 8.78. The number of anilines is 2. The molecule has 41 heavy (non-hydrogen) atoms. The first-order valence-corrected chi connectivity index (χ1v) is 12.7. The average molecular weight is 560 g/mol. The van der Waals surface area contributed by atoms with Crippen LogP contribution in [0.25, 0.3) is 6.08 Å². The Balaban J connectivity index is 1.48. The number of nitrogens with zero attached hydrogens (tertiary/aromatic N) is 1. The Kier molecular flexibility index (Phi) is 9.20. The van der Waals surface area contributed by atoms with E-state index in [9.17, 15) is 19.2 Å². The molecule has 1 aliphatic rings. The van der Waals surface area contributed by atoms with Gasteiger partial charge < -0.3 is 24.3 Å². The molecule has 0 unspecified atom stereocenters. The van der Waals surface area contributed by atoms with Crippen LogP contribution in [0.5, 0.6) is 23.0 Å². The Morgan fingerprint density at radius 2 is 1.68 bits per heavy atom.